The average Bonchev–Trinajstić information content (AvgIpc) is 3.12. The second kappa shape index (κ2) is 9.60. The number of benzene rings is 1. The molecule has 3 rings (SSSR count). The summed E-state index contributed by atoms with van der Waals surface area (Å²) in [4.78, 5) is 0. The van der Waals surface area contributed by atoms with Gasteiger partial charge in [0.15, 0.2) is 0 Å². The minimum Gasteiger partial charge on any atom is -0.214 e. The maximum atomic E-state index is 3.13. The van der Waals surface area contributed by atoms with Gasteiger partial charge >= 0.3 is 17.1 Å². The van der Waals surface area contributed by atoms with Gasteiger partial charge in [0.05, 0.1) is 0 Å². The van der Waals surface area contributed by atoms with Gasteiger partial charge in [-0.05, 0) is 40.8 Å². The van der Waals surface area contributed by atoms with E-state index in [1.807, 2.05) is 66.7 Å². The quantitative estimate of drug-likeness (QED) is 0.215. The molecule has 0 unspecified atom stereocenters. The molecule has 0 atom stereocenters. The fourth-order valence-corrected chi connectivity index (χ4v) is 2.03. The standard InChI is InChI=1S/C13H8I.C5H5.Fe/c14-13-7-3-6-12(10-13)9-8-11-4-1-2-5-11;1-2-4-5-3-1;/h1-7,10H;1-5H;/q2*-1;+2. The molecule has 0 N–H and O–H groups in total. The molecule has 2 heteroatoms. The second-order valence-electron chi connectivity index (χ2n) is 3.90. The van der Waals surface area contributed by atoms with Crippen LogP contribution in [0.5, 0.6) is 0 Å². The van der Waals surface area contributed by atoms with Crippen LogP contribution in [0.15, 0.2) is 78.9 Å². The first-order valence-corrected chi connectivity index (χ1v) is 7.08. The smallest absolute Gasteiger partial charge is 0.214 e. The largest absolute Gasteiger partial charge is 2.00 e. The van der Waals surface area contributed by atoms with Crippen molar-refractivity contribution in [2.24, 2.45) is 0 Å². The molecule has 100 valence electrons. The zero-order valence-corrected chi connectivity index (χ0v) is 14.0. The predicted octanol–water partition coefficient (Wildman–Crippen LogP) is 4.81. The zero-order chi connectivity index (χ0) is 13.3. The SMILES string of the molecule is Ic1cccc(C#Cc2ccc[cH-]2)c1.[Fe+2].c1cc[cH-]c1. The average molecular weight is 412 g/mol. The molecule has 0 heterocycles. The van der Waals surface area contributed by atoms with Crippen molar-refractivity contribution < 1.29 is 17.1 Å². The van der Waals surface area contributed by atoms with Crippen molar-refractivity contribution in [1.29, 1.82) is 0 Å². The van der Waals surface area contributed by atoms with Crippen molar-refractivity contribution >= 4 is 22.6 Å². The van der Waals surface area contributed by atoms with E-state index in [9.17, 15) is 0 Å². The third-order valence-electron chi connectivity index (χ3n) is 2.39. The minimum absolute atomic E-state index is 0. The molecule has 20 heavy (non-hydrogen) atoms. The van der Waals surface area contributed by atoms with Crippen molar-refractivity contribution in [3.63, 3.8) is 0 Å². The van der Waals surface area contributed by atoms with Crippen LogP contribution in [0.3, 0.4) is 0 Å². The van der Waals surface area contributed by atoms with E-state index >= 15 is 0 Å². The Balaban J connectivity index is 0.000000283. The summed E-state index contributed by atoms with van der Waals surface area (Å²) in [5.41, 5.74) is 2.14. The van der Waals surface area contributed by atoms with Gasteiger partial charge in [0.2, 0.25) is 0 Å². The number of halogens is 1. The minimum atomic E-state index is 0. The molecule has 0 bridgehead atoms. The van der Waals surface area contributed by atoms with E-state index < -0.39 is 0 Å². The first kappa shape index (κ1) is 16.8. The van der Waals surface area contributed by atoms with Gasteiger partial charge in [-0.1, -0.05) is 6.07 Å². The number of hydrogen-bond donors (Lipinski definition) is 0. The van der Waals surface area contributed by atoms with Gasteiger partial charge in [-0.2, -0.15) is 42.3 Å². The first-order chi connectivity index (χ1) is 9.34. The van der Waals surface area contributed by atoms with Crippen molar-refractivity contribution in [3.05, 3.63) is 93.6 Å². The molecule has 0 aromatic heterocycles. The molecule has 3 aromatic carbocycles. The first-order valence-electron chi connectivity index (χ1n) is 6.00. The summed E-state index contributed by atoms with van der Waals surface area (Å²) in [7, 11) is 0. The van der Waals surface area contributed by atoms with E-state index in [1.165, 1.54) is 3.57 Å². The Morgan fingerprint density at radius 1 is 0.850 bits per heavy atom. The van der Waals surface area contributed by atoms with Gasteiger partial charge in [0, 0.05) is 9.13 Å². The van der Waals surface area contributed by atoms with Gasteiger partial charge in [0.1, 0.15) is 0 Å². The van der Waals surface area contributed by atoms with E-state index in [4.69, 9.17) is 0 Å². The van der Waals surface area contributed by atoms with Crippen LogP contribution in [0.25, 0.3) is 0 Å². The van der Waals surface area contributed by atoms with E-state index in [2.05, 4.69) is 46.6 Å². The molecular weight excluding hydrogens is 399 g/mol. The predicted molar refractivity (Wildman–Crippen MR) is 89.2 cm³/mol. The van der Waals surface area contributed by atoms with Crippen molar-refractivity contribution in [2.45, 2.75) is 0 Å². The van der Waals surface area contributed by atoms with E-state index in [-0.39, 0.29) is 17.1 Å². The van der Waals surface area contributed by atoms with Crippen LogP contribution in [0.2, 0.25) is 0 Å². The van der Waals surface area contributed by atoms with E-state index in [0.717, 1.165) is 11.1 Å². The molecule has 3 aromatic rings. The third kappa shape index (κ3) is 6.25. The summed E-state index contributed by atoms with van der Waals surface area (Å²) in [6.07, 6.45) is 0. The molecule has 0 saturated carbocycles. The van der Waals surface area contributed by atoms with Gasteiger partial charge in [-0.3, -0.25) is 0 Å². The molecule has 0 radical (unpaired) electrons. The summed E-state index contributed by atoms with van der Waals surface area (Å²) < 4.78 is 1.22. The molecule has 0 aliphatic rings. The molecule has 0 spiro atoms. The fraction of sp³-hybridized carbons (Fsp3) is 0. The normalized spacial score (nSPS) is 8.45. The summed E-state index contributed by atoms with van der Waals surface area (Å²) >= 11 is 2.29. The molecular formula is C18H13FeI. The Morgan fingerprint density at radius 3 is 2.20 bits per heavy atom. The van der Waals surface area contributed by atoms with Crippen LogP contribution < -0.4 is 0 Å². The van der Waals surface area contributed by atoms with Crippen LogP contribution in [0.1, 0.15) is 11.1 Å². The molecule has 0 aliphatic heterocycles. The summed E-state index contributed by atoms with van der Waals surface area (Å²) in [5, 5.41) is 0. The maximum Gasteiger partial charge on any atom is 2.00 e. The summed E-state index contributed by atoms with van der Waals surface area (Å²) in [5.74, 6) is 6.25. The maximum absolute atomic E-state index is 3.13. The molecule has 0 aliphatic carbocycles. The van der Waals surface area contributed by atoms with Crippen LogP contribution in [0.4, 0.5) is 0 Å². The molecule has 0 amide bonds. The van der Waals surface area contributed by atoms with Gasteiger partial charge in [0.25, 0.3) is 0 Å². The second-order valence-corrected chi connectivity index (χ2v) is 5.14. The third-order valence-corrected chi connectivity index (χ3v) is 3.07. The van der Waals surface area contributed by atoms with Crippen molar-refractivity contribution in [2.75, 3.05) is 0 Å². The van der Waals surface area contributed by atoms with Crippen LogP contribution >= 0.6 is 22.6 Å². The van der Waals surface area contributed by atoms with Gasteiger partial charge in [-0.15, -0.1) is 17.6 Å². The van der Waals surface area contributed by atoms with Gasteiger partial charge in [-0.25, -0.2) is 12.1 Å². The Morgan fingerprint density at radius 2 is 1.65 bits per heavy atom. The van der Waals surface area contributed by atoms with Crippen molar-refractivity contribution in [1.82, 2.24) is 0 Å². The fourth-order valence-electron chi connectivity index (χ4n) is 1.49. The summed E-state index contributed by atoms with van der Waals surface area (Å²) in [6.45, 7) is 0. The molecule has 0 nitrogen and oxygen atoms in total. The Bertz CT molecular complexity index is 623. The van der Waals surface area contributed by atoms with E-state index in [1.54, 1.807) is 0 Å². The Labute approximate surface area is 144 Å². The monoisotopic (exact) mass is 412 g/mol. The van der Waals surface area contributed by atoms with Crippen molar-refractivity contribution in [3.8, 4) is 11.8 Å². The van der Waals surface area contributed by atoms with Crippen LogP contribution in [-0.4, -0.2) is 0 Å². The molecule has 0 fully saturated rings. The zero-order valence-electron chi connectivity index (χ0n) is 10.7. The number of hydrogen-bond acceptors (Lipinski definition) is 0. The Kier molecular flexibility index (Phi) is 8.06. The van der Waals surface area contributed by atoms with Crippen LogP contribution in [-0.2, 0) is 17.1 Å². The van der Waals surface area contributed by atoms with Gasteiger partial charge < -0.3 is 0 Å². The topological polar surface area (TPSA) is 0 Å². The van der Waals surface area contributed by atoms with Crippen LogP contribution in [0, 0.1) is 15.4 Å². The molecule has 0 saturated heterocycles. The number of rotatable bonds is 0. The summed E-state index contributed by atoms with van der Waals surface area (Å²) in [6, 6.07) is 26.2. The Hall–Kier alpha value is -1.27. The van der Waals surface area contributed by atoms with E-state index in [0.29, 0.717) is 0 Å².